The van der Waals surface area contributed by atoms with Crippen LogP contribution in [0.4, 0.5) is 24.7 Å². The monoisotopic (exact) mass is 396 g/mol. The zero-order chi connectivity index (χ0) is 20.4. The molecule has 0 saturated carbocycles. The highest BCUT2D eigenvalue weighted by Crippen LogP contribution is 2.36. The molecule has 0 spiro atoms. The van der Waals surface area contributed by atoms with Crippen LogP contribution >= 0.6 is 0 Å². The second kappa shape index (κ2) is 7.38. The summed E-state index contributed by atoms with van der Waals surface area (Å²) in [7, 11) is 1.49. The Balaban J connectivity index is 1.70. The highest BCUT2D eigenvalue weighted by atomic mass is 19.4. The molecule has 0 aliphatic carbocycles. The molecule has 2 aromatic heterocycles. The van der Waals surface area contributed by atoms with E-state index in [1.54, 1.807) is 6.20 Å². The van der Waals surface area contributed by atoms with E-state index in [2.05, 4.69) is 20.3 Å². The molecule has 0 saturated heterocycles. The number of nitrogens with zero attached hydrogens (tertiary/aromatic N) is 3. The van der Waals surface area contributed by atoms with E-state index in [-0.39, 0.29) is 0 Å². The summed E-state index contributed by atoms with van der Waals surface area (Å²) >= 11 is 0. The third-order valence-corrected chi connectivity index (χ3v) is 4.36. The number of nitrogens with one attached hydrogen (secondary N) is 1. The number of ether oxygens (including phenoxy) is 1. The fraction of sp³-hybridized carbons (Fsp3) is 0.0952. The van der Waals surface area contributed by atoms with Crippen LogP contribution in [-0.2, 0) is 6.18 Å². The number of benzene rings is 2. The third kappa shape index (κ3) is 3.82. The van der Waals surface area contributed by atoms with Crippen molar-refractivity contribution in [3.05, 3.63) is 72.7 Å². The topological polar surface area (TPSA) is 59.9 Å². The maximum atomic E-state index is 12.8. The van der Waals surface area contributed by atoms with Gasteiger partial charge in [0.1, 0.15) is 12.0 Å². The Morgan fingerprint density at radius 2 is 1.72 bits per heavy atom. The average Bonchev–Trinajstić information content (AvgIpc) is 2.73. The van der Waals surface area contributed by atoms with Crippen LogP contribution in [0, 0.1) is 0 Å². The van der Waals surface area contributed by atoms with Gasteiger partial charge in [-0.05, 0) is 36.4 Å². The number of aromatic nitrogens is 3. The molecule has 1 N–H and O–H groups in total. The Morgan fingerprint density at radius 3 is 2.45 bits per heavy atom. The van der Waals surface area contributed by atoms with Gasteiger partial charge in [0.25, 0.3) is 0 Å². The predicted octanol–water partition coefficient (Wildman–Crippen LogP) is 5.46. The van der Waals surface area contributed by atoms with E-state index in [1.807, 2.05) is 30.3 Å². The van der Waals surface area contributed by atoms with Gasteiger partial charge in [-0.25, -0.2) is 9.97 Å². The number of rotatable bonds is 4. The summed E-state index contributed by atoms with van der Waals surface area (Å²) < 4.78 is 43.8. The smallest absolute Gasteiger partial charge is 0.416 e. The highest BCUT2D eigenvalue weighted by molar-refractivity contribution is 5.85. The number of hydrogen-bond acceptors (Lipinski definition) is 5. The Hall–Kier alpha value is -3.68. The van der Waals surface area contributed by atoms with Crippen LogP contribution in [-0.4, -0.2) is 22.1 Å². The number of halogens is 3. The van der Waals surface area contributed by atoms with Gasteiger partial charge in [-0.2, -0.15) is 13.2 Å². The van der Waals surface area contributed by atoms with Crippen molar-refractivity contribution in [2.45, 2.75) is 6.18 Å². The zero-order valence-electron chi connectivity index (χ0n) is 15.2. The van der Waals surface area contributed by atoms with E-state index in [1.165, 1.54) is 25.6 Å². The summed E-state index contributed by atoms with van der Waals surface area (Å²) in [6.07, 6.45) is -1.31. The summed E-state index contributed by atoms with van der Waals surface area (Å²) in [6, 6.07) is 14.2. The van der Waals surface area contributed by atoms with Crippen molar-refractivity contribution < 1.29 is 17.9 Å². The van der Waals surface area contributed by atoms with Gasteiger partial charge < -0.3 is 10.1 Å². The highest BCUT2D eigenvalue weighted by Gasteiger charge is 2.30. The van der Waals surface area contributed by atoms with Crippen molar-refractivity contribution in [3.63, 3.8) is 0 Å². The lowest BCUT2D eigenvalue weighted by atomic mass is 10.1. The van der Waals surface area contributed by atoms with E-state index in [4.69, 9.17) is 4.74 Å². The Kier molecular flexibility index (Phi) is 4.75. The largest absolute Gasteiger partial charge is 0.491 e. The molecule has 0 atom stereocenters. The number of anilines is 2. The summed E-state index contributed by atoms with van der Waals surface area (Å²) in [4.78, 5) is 12.9. The van der Waals surface area contributed by atoms with Gasteiger partial charge in [0.05, 0.1) is 18.2 Å². The second-order valence-electron chi connectivity index (χ2n) is 6.22. The molecule has 0 radical (unpaired) electrons. The molecular weight excluding hydrogens is 381 g/mol. The summed E-state index contributed by atoms with van der Waals surface area (Å²) in [5.74, 6) is 0.723. The van der Waals surface area contributed by atoms with Crippen molar-refractivity contribution in [1.82, 2.24) is 15.0 Å². The molecule has 8 heteroatoms. The Labute approximate surface area is 164 Å². The minimum atomic E-state index is -4.39. The fourth-order valence-corrected chi connectivity index (χ4v) is 2.95. The molecule has 146 valence electrons. The van der Waals surface area contributed by atoms with E-state index in [9.17, 15) is 13.2 Å². The first kappa shape index (κ1) is 18.7. The van der Waals surface area contributed by atoms with Crippen LogP contribution in [0.3, 0.4) is 0 Å². The van der Waals surface area contributed by atoms with E-state index < -0.39 is 11.7 Å². The van der Waals surface area contributed by atoms with Gasteiger partial charge in [0.2, 0.25) is 0 Å². The molecule has 0 amide bonds. The molecule has 2 heterocycles. The van der Waals surface area contributed by atoms with E-state index in [0.29, 0.717) is 22.9 Å². The molecule has 29 heavy (non-hydrogen) atoms. The van der Waals surface area contributed by atoms with Gasteiger partial charge in [0.15, 0.2) is 11.6 Å². The molecule has 0 aliphatic rings. The van der Waals surface area contributed by atoms with Crippen molar-refractivity contribution >= 4 is 22.4 Å². The fourth-order valence-electron chi connectivity index (χ4n) is 2.95. The first-order valence-corrected chi connectivity index (χ1v) is 8.64. The summed E-state index contributed by atoms with van der Waals surface area (Å²) in [6.45, 7) is 0. The van der Waals surface area contributed by atoms with Crippen LogP contribution in [0.5, 0.6) is 5.75 Å². The number of methoxy groups -OCH3 is 1. The lowest BCUT2D eigenvalue weighted by Gasteiger charge is -2.14. The molecule has 4 aromatic rings. The molecule has 0 aliphatic heterocycles. The van der Waals surface area contributed by atoms with Crippen LogP contribution in [0.25, 0.3) is 22.2 Å². The van der Waals surface area contributed by atoms with Crippen LogP contribution in [0.2, 0.25) is 0 Å². The van der Waals surface area contributed by atoms with Gasteiger partial charge in [-0.1, -0.05) is 18.2 Å². The first-order chi connectivity index (χ1) is 14.0. The number of alkyl halides is 3. The molecule has 4 rings (SSSR count). The first-order valence-electron chi connectivity index (χ1n) is 8.64. The van der Waals surface area contributed by atoms with Gasteiger partial charge in [0, 0.05) is 22.8 Å². The van der Waals surface area contributed by atoms with Crippen molar-refractivity contribution in [2.75, 3.05) is 12.4 Å². The van der Waals surface area contributed by atoms with Crippen LogP contribution in [0.15, 0.2) is 67.1 Å². The average molecular weight is 396 g/mol. The number of hydrogen-bond donors (Lipinski definition) is 1. The summed E-state index contributed by atoms with van der Waals surface area (Å²) in [5.41, 5.74) is 1.86. The zero-order valence-corrected chi connectivity index (χ0v) is 15.2. The maximum Gasteiger partial charge on any atom is 0.416 e. The summed E-state index contributed by atoms with van der Waals surface area (Å²) in [5, 5.41) is 3.98. The van der Waals surface area contributed by atoms with Crippen molar-refractivity contribution in [2.24, 2.45) is 0 Å². The van der Waals surface area contributed by atoms with Crippen molar-refractivity contribution in [1.29, 1.82) is 0 Å². The molecule has 0 fully saturated rings. The molecule has 2 aromatic carbocycles. The number of fused-ring (bicyclic) bond motifs is 1. The third-order valence-electron chi connectivity index (χ3n) is 4.36. The van der Waals surface area contributed by atoms with Crippen LogP contribution < -0.4 is 10.1 Å². The minimum Gasteiger partial charge on any atom is -0.491 e. The van der Waals surface area contributed by atoms with E-state index >= 15 is 0 Å². The van der Waals surface area contributed by atoms with Crippen molar-refractivity contribution in [3.8, 4) is 17.0 Å². The second-order valence-corrected chi connectivity index (χ2v) is 6.22. The molecular formula is C21H15F3N4O. The van der Waals surface area contributed by atoms with Crippen LogP contribution in [0.1, 0.15) is 5.56 Å². The quantitative estimate of drug-likeness (QED) is 0.496. The lowest BCUT2D eigenvalue weighted by molar-refractivity contribution is -0.137. The molecule has 0 unspecified atom stereocenters. The molecule has 5 nitrogen and oxygen atoms in total. The SMILES string of the molecule is COc1c(Nc2ccc(C(F)(F)F)cc2)ncnc1-c1ccc2cccnc2c1. The Morgan fingerprint density at radius 1 is 0.931 bits per heavy atom. The van der Waals surface area contributed by atoms with E-state index in [0.717, 1.165) is 28.6 Å². The minimum absolute atomic E-state index is 0.346. The Bertz CT molecular complexity index is 1160. The lowest BCUT2D eigenvalue weighted by Crippen LogP contribution is -2.05. The predicted molar refractivity (Wildman–Crippen MR) is 104 cm³/mol. The molecule has 0 bridgehead atoms. The normalized spacial score (nSPS) is 11.4. The van der Waals surface area contributed by atoms with Gasteiger partial charge in [-0.15, -0.1) is 0 Å². The van der Waals surface area contributed by atoms with Gasteiger partial charge >= 0.3 is 6.18 Å². The van der Waals surface area contributed by atoms with Gasteiger partial charge in [-0.3, -0.25) is 4.98 Å². The number of pyridine rings is 1. The standard InChI is InChI=1S/C21H15F3N4O/c1-29-19-18(14-5-4-13-3-2-10-25-17(13)11-14)26-12-27-20(19)28-16-8-6-15(7-9-16)21(22,23)24/h2-12H,1H3,(H,26,27,28). The maximum absolute atomic E-state index is 12.8.